The molecule has 14 atom stereocenters. The van der Waals surface area contributed by atoms with Gasteiger partial charge in [0.05, 0.1) is 6.10 Å². The van der Waals surface area contributed by atoms with Crippen molar-refractivity contribution >= 4 is 5.97 Å². The molecule has 1 saturated heterocycles. The number of unbranched alkanes of at least 4 members (excludes halogenated alkanes) is 10. The molecule has 5 aliphatic rings. The van der Waals surface area contributed by atoms with Crippen LogP contribution in [0.15, 0.2) is 23.8 Å². The van der Waals surface area contributed by atoms with Crippen LogP contribution < -0.4 is 0 Å². The Balaban J connectivity index is 1.07. The molecule has 0 aromatic rings. The number of allylic oxidation sites excluding steroid dienone is 2. The van der Waals surface area contributed by atoms with Crippen molar-refractivity contribution < 1.29 is 34.3 Å². The van der Waals surface area contributed by atoms with Crippen LogP contribution >= 0.6 is 0 Å². The van der Waals surface area contributed by atoms with E-state index in [-0.39, 0.29) is 24.1 Å². The second-order valence-electron chi connectivity index (χ2n) is 20.0. The summed E-state index contributed by atoms with van der Waals surface area (Å²) in [6, 6.07) is 0. The van der Waals surface area contributed by atoms with E-state index in [2.05, 4.69) is 54.2 Å². The summed E-state index contributed by atoms with van der Waals surface area (Å²) in [5.41, 5.74) is 3.44. The van der Waals surface area contributed by atoms with E-state index >= 15 is 0 Å². The molecule has 3 N–H and O–H groups in total. The number of carbonyl (C=O) groups excluding carboxylic acids is 1. The molecule has 0 spiro atoms. The fourth-order valence-electron chi connectivity index (χ4n) is 12.7. The summed E-state index contributed by atoms with van der Waals surface area (Å²) in [6.07, 6.45) is 22.9. The molecule has 7 heteroatoms. The topological polar surface area (TPSA) is 105 Å². The molecular weight excluding hydrogens is 701 g/mol. The van der Waals surface area contributed by atoms with Gasteiger partial charge >= 0.3 is 5.97 Å². The van der Waals surface area contributed by atoms with Crippen LogP contribution in [-0.4, -0.2) is 64.7 Å². The van der Waals surface area contributed by atoms with E-state index in [1.165, 1.54) is 107 Å². The summed E-state index contributed by atoms with van der Waals surface area (Å²) < 4.78 is 18.0. The van der Waals surface area contributed by atoms with Gasteiger partial charge in [-0.25, -0.2) is 0 Å². The zero-order chi connectivity index (χ0) is 40.5. The minimum atomic E-state index is -1.44. The average molecular weight is 785 g/mol. The summed E-state index contributed by atoms with van der Waals surface area (Å²) in [7, 11) is 0. The first kappa shape index (κ1) is 45.8. The summed E-state index contributed by atoms with van der Waals surface area (Å²) >= 11 is 0. The van der Waals surface area contributed by atoms with E-state index < -0.39 is 30.7 Å². The van der Waals surface area contributed by atoms with Crippen LogP contribution in [0.3, 0.4) is 0 Å². The molecule has 1 aliphatic heterocycles. The van der Waals surface area contributed by atoms with Gasteiger partial charge in [0.15, 0.2) is 6.29 Å². The lowest BCUT2D eigenvalue weighted by molar-refractivity contribution is -0.313. The molecule has 0 amide bonds. The Morgan fingerprint density at radius 3 is 2.21 bits per heavy atom. The molecule has 4 fully saturated rings. The van der Waals surface area contributed by atoms with Gasteiger partial charge in [-0.3, -0.25) is 4.79 Å². The number of rotatable bonds is 22. The van der Waals surface area contributed by atoms with Crippen LogP contribution in [-0.2, 0) is 19.0 Å². The predicted octanol–water partition coefficient (Wildman–Crippen LogP) is 11.0. The fraction of sp³-hybridized carbons (Fsp3) is 0.898. The minimum absolute atomic E-state index is 0.144. The van der Waals surface area contributed by atoms with Crippen molar-refractivity contribution in [2.75, 3.05) is 6.61 Å². The third kappa shape index (κ3) is 10.9. The molecule has 0 aromatic heterocycles. The lowest BCUT2D eigenvalue weighted by Crippen LogP contribution is -2.60. The smallest absolute Gasteiger partial charge is 0.305 e. The Morgan fingerprint density at radius 2 is 1.55 bits per heavy atom. The molecule has 3 saturated carbocycles. The normalized spacial score (nSPS) is 37.8. The van der Waals surface area contributed by atoms with Gasteiger partial charge in [0.1, 0.15) is 31.0 Å². The fourth-order valence-corrected chi connectivity index (χ4v) is 12.7. The van der Waals surface area contributed by atoms with Crippen LogP contribution in [0.5, 0.6) is 0 Å². The Kier molecular flexibility index (Phi) is 17.4. The molecule has 0 bridgehead atoms. The Bertz CT molecular complexity index is 1260. The highest BCUT2D eigenvalue weighted by molar-refractivity contribution is 5.69. The van der Waals surface area contributed by atoms with Crippen molar-refractivity contribution in [2.24, 2.45) is 46.3 Å². The van der Waals surface area contributed by atoms with E-state index in [9.17, 15) is 20.1 Å². The summed E-state index contributed by atoms with van der Waals surface area (Å²) in [4.78, 5) is 12.6. The molecule has 7 nitrogen and oxygen atoms in total. The third-order valence-electron chi connectivity index (χ3n) is 16.4. The van der Waals surface area contributed by atoms with E-state index in [0.717, 1.165) is 68.6 Å². The molecule has 322 valence electrons. The van der Waals surface area contributed by atoms with E-state index in [1.807, 2.05) is 0 Å². The van der Waals surface area contributed by atoms with E-state index in [0.29, 0.717) is 23.7 Å². The van der Waals surface area contributed by atoms with Crippen LogP contribution in [0.4, 0.5) is 0 Å². The number of fused-ring (bicyclic) bond motifs is 5. The molecule has 0 aromatic carbocycles. The molecular formula is C49H84O7. The van der Waals surface area contributed by atoms with Crippen LogP contribution in [0.1, 0.15) is 189 Å². The molecule has 0 unspecified atom stereocenters. The van der Waals surface area contributed by atoms with Gasteiger partial charge in [0.2, 0.25) is 0 Å². The molecule has 0 radical (unpaired) electrons. The zero-order valence-corrected chi connectivity index (χ0v) is 36.7. The first-order chi connectivity index (χ1) is 26.8. The predicted molar refractivity (Wildman–Crippen MR) is 226 cm³/mol. The van der Waals surface area contributed by atoms with Crippen molar-refractivity contribution in [1.82, 2.24) is 0 Å². The average Bonchev–Trinajstić information content (AvgIpc) is 3.54. The second kappa shape index (κ2) is 21.3. The standard InChI is InChI=1S/C49H84O7/c1-8-10-11-12-13-14-15-16-17-18-19-20-43(50)54-32-42-44(51)45(52)46(53)47(56-42)55-37-27-29-48(6)36(31-37)23-24-38-40-26-25-39(49(40,7)30-28-41(38)48)34(5)21-22-35(9-2)33(3)4/h23,34-35,37-42,44-47,51-53H,3,8-22,24-32H2,1-2,4-7H3/t34-,35+,37+,38+,39-,40+,41+,42-,44-,45+,46-,47-,48+,49-/m1/s1. The van der Waals surface area contributed by atoms with Gasteiger partial charge in [-0.1, -0.05) is 123 Å². The summed E-state index contributed by atoms with van der Waals surface area (Å²) in [6.45, 7) is 18.6. The Hall–Kier alpha value is -1.25. The van der Waals surface area contributed by atoms with Crippen molar-refractivity contribution in [3.63, 3.8) is 0 Å². The minimum Gasteiger partial charge on any atom is -0.463 e. The van der Waals surface area contributed by atoms with Crippen LogP contribution in [0.25, 0.3) is 0 Å². The van der Waals surface area contributed by atoms with Gasteiger partial charge < -0.3 is 29.5 Å². The highest BCUT2D eigenvalue weighted by Gasteiger charge is 2.59. The van der Waals surface area contributed by atoms with Crippen molar-refractivity contribution in [3.8, 4) is 0 Å². The van der Waals surface area contributed by atoms with Crippen molar-refractivity contribution in [2.45, 2.75) is 226 Å². The quantitative estimate of drug-likeness (QED) is 0.0570. The third-order valence-corrected chi connectivity index (χ3v) is 16.4. The maximum atomic E-state index is 12.6. The van der Waals surface area contributed by atoms with Gasteiger partial charge in [-0.2, -0.15) is 0 Å². The molecule has 1 heterocycles. The second-order valence-corrected chi connectivity index (χ2v) is 20.0. The summed E-state index contributed by atoms with van der Waals surface area (Å²) in [5.74, 6) is 4.15. The maximum Gasteiger partial charge on any atom is 0.305 e. The number of carbonyl (C=O) groups is 1. The monoisotopic (exact) mass is 785 g/mol. The van der Waals surface area contributed by atoms with Crippen LogP contribution in [0, 0.1) is 46.3 Å². The zero-order valence-electron chi connectivity index (χ0n) is 36.7. The number of ether oxygens (including phenoxy) is 3. The number of aliphatic hydroxyl groups is 3. The van der Waals surface area contributed by atoms with Crippen molar-refractivity contribution in [3.05, 3.63) is 23.8 Å². The Morgan fingerprint density at radius 1 is 0.875 bits per heavy atom. The van der Waals surface area contributed by atoms with Gasteiger partial charge in [-0.05, 0) is 130 Å². The molecule has 56 heavy (non-hydrogen) atoms. The van der Waals surface area contributed by atoms with Gasteiger partial charge in [0.25, 0.3) is 0 Å². The van der Waals surface area contributed by atoms with E-state index in [4.69, 9.17) is 14.2 Å². The van der Waals surface area contributed by atoms with Gasteiger partial charge in [-0.15, -0.1) is 0 Å². The largest absolute Gasteiger partial charge is 0.463 e. The maximum absolute atomic E-state index is 12.6. The highest BCUT2D eigenvalue weighted by atomic mass is 16.7. The molecule has 5 rings (SSSR count). The number of hydrogen-bond acceptors (Lipinski definition) is 7. The Labute approximate surface area is 342 Å². The lowest BCUT2D eigenvalue weighted by atomic mass is 9.47. The highest BCUT2D eigenvalue weighted by Crippen LogP contribution is 2.67. The van der Waals surface area contributed by atoms with Crippen LogP contribution in [0.2, 0.25) is 0 Å². The van der Waals surface area contributed by atoms with Crippen molar-refractivity contribution in [1.29, 1.82) is 0 Å². The first-order valence-corrected chi connectivity index (χ1v) is 23.7. The number of esters is 1. The number of hydrogen-bond donors (Lipinski definition) is 3. The SMILES string of the molecule is C=C(C)[C@@H](CC)CC[C@@H](C)[C@H]1CC[C@H]2[C@@H]3CC=C4C[C@@H](O[C@@H]5O[C@H](COC(=O)CCCCCCCCCCCCC)[C@@H](O)[C@H](O)[C@H]5O)CC[C@]4(C)[C@H]3CC[C@]12C. The van der Waals surface area contributed by atoms with Gasteiger partial charge in [0, 0.05) is 6.42 Å². The first-order valence-electron chi connectivity index (χ1n) is 23.7. The number of aliphatic hydroxyl groups excluding tert-OH is 3. The summed E-state index contributed by atoms with van der Waals surface area (Å²) in [5, 5.41) is 32.4. The molecule has 4 aliphatic carbocycles. The van der Waals surface area contributed by atoms with E-state index in [1.54, 1.807) is 0 Å². The lowest BCUT2D eigenvalue weighted by Gasteiger charge is -2.58.